The molecule has 1 aliphatic heterocycles. The third-order valence-electron chi connectivity index (χ3n) is 5.60. The van der Waals surface area contributed by atoms with Gasteiger partial charge < -0.3 is 19.4 Å². The van der Waals surface area contributed by atoms with Gasteiger partial charge >= 0.3 is 0 Å². The summed E-state index contributed by atoms with van der Waals surface area (Å²) in [4.78, 5) is 25.6. The number of anilines is 1. The van der Waals surface area contributed by atoms with Crippen LogP contribution in [-0.2, 0) is 21.2 Å². The van der Waals surface area contributed by atoms with E-state index in [-0.39, 0.29) is 23.6 Å². The predicted octanol–water partition coefficient (Wildman–Crippen LogP) is 3.65. The summed E-state index contributed by atoms with van der Waals surface area (Å²) < 4.78 is 52.1. The zero-order valence-electron chi connectivity index (χ0n) is 18.4. The number of pyridine rings is 1. The lowest BCUT2D eigenvalue weighted by Gasteiger charge is -2.15. The SMILES string of the molecule is Cc1ccc(S(=O)(=O)c2cn(CC(=O)Nc3ccc(F)cc3)c3cc4c(cc3c2=O)OCO4)cc1. The fourth-order valence-electron chi connectivity index (χ4n) is 3.81. The van der Waals surface area contributed by atoms with Crippen LogP contribution in [0.15, 0.2) is 81.4 Å². The topological polar surface area (TPSA) is 104 Å². The highest BCUT2D eigenvalue weighted by molar-refractivity contribution is 7.91. The first-order valence-electron chi connectivity index (χ1n) is 10.6. The van der Waals surface area contributed by atoms with E-state index in [9.17, 15) is 22.4 Å². The fourth-order valence-corrected chi connectivity index (χ4v) is 5.18. The second kappa shape index (κ2) is 8.55. The molecule has 0 spiro atoms. The van der Waals surface area contributed by atoms with Gasteiger partial charge in [-0.25, -0.2) is 12.8 Å². The Bertz CT molecular complexity index is 1630. The smallest absolute Gasteiger partial charge is 0.244 e. The normalized spacial score (nSPS) is 12.6. The van der Waals surface area contributed by atoms with E-state index in [2.05, 4.69) is 5.32 Å². The van der Waals surface area contributed by atoms with Crippen LogP contribution < -0.4 is 20.2 Å². The number of nitrogens with zero attached hydrogens (tertiary/aromatic N) is 1. The lowest BCUT2D eigenvalue weighted by atomic mass is 10.2. The largest absolute Gasteiger partial charge is 0.454 e. The Labute approximate surface area is 199 Å². The summed E-state index contributed by atoms with van der Waals surface area (Å²) in [6.45, 7) is 1.46. The van der Waals surface area contributed by atoms with E-state index in [4.69, 9.17) is 9.47 Å². The van der Waals surface area contributed by atoms with Gasteiger partial charge in [0.05, 0.1) is 15.8 Å². The molecule has 5 rings (SSSR count). The van der Waals surface area contributed by atoms with Gasteiger partial charge in [0.25, 0.3) is 0 Å². The Morgan fingerprint density at radius 2 is 1.69 bits per heavy atom. The summed E-state index contributed by atoms with van der Waals surface area (Å²) >= 11 is 0. The molecule has 0 atom stereocenters. The van der Waals surface area contributed by atoms with Crippen LogP contribution >= 0.6 is 0 Å². The molecule has 0 radical (unpaired) electrons. The van der Waals surface area contributed by atoms with Crippen LogP contribution in [0.4, 0.5) is 10.1 Å². The molecule has 1 amide bonds. The van der Waals surface area contributed by atoms with Gasteiger partial charge in [-0.05, 0) is 49.4 Å². The Morgan fingerprint density at radius 1 is 1.03 bits per heavy atom. The van der Waals surface area contributed by atoms with E-state index in [1.807, 2.05) is 6.92 Å². The van der Waals surface area contributed by atoms with Crippen LogP contribution in [0.5, 0.6) is 11.5 Å². The maximum absolute atomic E-state index is 13.4. The third-order valence-corrected chi connectivity index (χ3v) is 7.37. The van der Waals surface area contributed by atoms with Gasteiger partial charge in [-0.3, -0.25) is 9.59 Å². The number of amides is 1. The first-order chi connectivity index (χ1) is 16.7. The van der Waals surface area contributed by atoms with E-state index in [1.165, 1.54) is 53.1 Å². The molecule has 10 heteroatoms. The number of carbonyl (C=O) groups is 1. The zero-order chi connectivity index (χ0) is 24.7. The highest BCUT2D eigenvalue weighted by Gasteiger charge is 2.26. The molecule has 0 bridgehead atoms. The van der Waals surface area contributed by atoms with Gasteiger partial charge in [-0.2, -0.15) is 0 Å². The van der Waals surface area contributed by atoms with E-state index >= 15 is 0 Å². The van der Waals surface area contributed by atoms with Crippen LogP contribution in [0, 0.1) is 12.7 Å². The predicted molar refractivity (Wildman–Crippen MR) is 126 cm³/mol. The van der Waals surface area contributed by atoms with Gasteiger partial charge in [0.2, 0.25) is 28.0 Å². The molecule has 0 aliphatic carbocycles. The zero-order valence-corrected chi connectivity index (χ0v) is 19.3. The number of halogens is 1. The summed E-state index contributed by atoms with van der Waals surface area (Å²) in [5.74, 6) is -0.269. The lowest BCUT2D eigenvalue weighted by Crippen LogP contribution is -2.24. The number of aromatic nitrogens is 1. The fraction of sp³-hybridized carbons (Fsp3) is 0.120. The number of hydrogen-bond acceptors (Lipinski definition) is 6. The van der Waals surface area contributed by atoms with Crippen molar-refractivity contribution in [2.75, 3.05) is 12.1 Å². The van der Waals surface area contributed by atoms with Crippen LogP contribution in [-0.4, -0.2) is 25.7 Å². The number of nitrogens with one attached hydrogen (secondary N) is 1. The van der Waals surface area contributed by atoms with Crippen LogP contribution in [0.25, 0.3) is 10.9 Å². The maximum Gasteiger partial charge on any atom is 0.244 e. The second-order valence-corrected chi connectivity index (χ2v) is 9.96. The van der Waals surface area contributed by atoms with Gasteiger partial charge in [-0.15, -0.1) is 0 Å². The Kier molecular flexibility index (Phi) is 5.52. The van der Waals surface area contributed by atoms with Crippen molar-refractivity contribution >= 4 is 32.3 Å². The van der Waals surface area contributed by atoms with Crippen molar-refractivity contribution in [3.05, 3.63) is 88.5 Å². The molecule has 1 aromatic heterocycles. The number of carbonyl (C=O) groups excluding carboxylic acids is 1. The first kappa shape index (κ1) is 22.6. The van der Waals surface area contributed by atoms with E-state index in [0.717, 1.165) is 11.8 Å². The average molecular weight is 495 g/mol. The molecule has 8 nitrogen and oxygen atoms in total. The molecule has 0 saturated heterocycles. The van der Waals surface area contributed by atoms with Crippen molar-refractivity contribution in [2.45, 2.75) is 23.3 Å². The molecule has 0 unspecified atom stereocenters. The molecule has 4 aromatic rings. The molecule has 0 fully saturated rings. The molecule has 1 N–H and O–H groups in total. The minimum Gasteiger partial charge on any atom is -0.454 e. The van der Waals surface area contributed by atoms with Gasteiger partial charge in [0, 0.05) is 18.0 Å². The van der Waals surface area contributed by atoms with E-state index < -0.39 is 31.9 Å². The summed E-state index contributed by atoms with van der Waals surface area (Å²) in [6, 6.07) is 14.3. The molecule has 178 valence electrons. The third kappa shape index (κ3) is 4.24. The number of aryl methyl sites for hydroxylation is 1. The first-order valence-corrected chi connectivity index (χ1v) is 12.0. The minimum atomic E-state index is -4.19. The highest BCUT2D eigenvalue weighted by atomic mass is 32.2. The number of fused-ring (bicyclic) bond motifs is 2. The quantitative estimate of drug-likeness (QED) is 0.454. The second-order valence-electron chi connectivity index (χ2n) is 8.04. The molecular weight excluding hydrogens is 475 g/mol. The van der Waals surface area contributed by atoms with Crippen molar-refractivity contribution in [1.29, 1.82) is 0 Å². The Morgan fingerprint density at radius 3 is 2.37 bits per heavy atom. The number of ether oxygens (including phenoxy) is 2. The highest BCUT2D eigenvalue weighted by Crippen LogP contribution is 2.36. The average Bonchev–Trinajstić information content (AvgIpc) is 3.29. The van der Waals surface area contributed by atoms with Crippen molar-refractivity contribution < 1.29 is 27.1 Å². The number of sulfone groups is 1. The van der Waals surface area contributed by atoms with Gasteiger partial charge in [-0.1, -0.05) is 17.7 Å². The Balaban J connectivity index is 1.63. The number of benzene rings is 3. The van der Waals surface area contributed by atoms with Crippen molar-refractivity contribution in [2.24, 2.45) is 0 Å². The summed E-state index contributed by atoms with van der Waals surface area (Å²) in [6.07, 6.45) is 1.16. The maximum atomic E-state index is 13.4. The van der Waals surface area contributed by atoms with Gasteiger partial charge in [0.1, 0.15) is 17.3 Å². The molecule has 3 aromatic carbocycles. The summed E-state index contributed by atoms with van der Waals surface area (Å²) in [5.41, 5.74) is 0.822. The molecule has 2 heterocycles. The van der Waals surface area contributed by atoms with Crippen molar-refractivity contribution in [3.63, 3.8) is 0 Å². The summed E-state index contributed by atoms with van der Waals surface area (Å²) in [7, 11) is -4.19. The number of hydrogen-bond donors (Lipinski definition) is 1. The monoisotopic (exact) mass is 494 g/mol. The van der Waals surface area contributed by atoms with Gasteiger partial charge in [0.15, 0.2) is 11.5 Å². The van der Waals surface area contributed by atoms with E-state index in [0.29, 0.717) is 22.7 Å². The minimum absolute atomic E-state index is 0.0393. The van der Waals surface area contributed by atoms with Crippen LogP contribution in [0.2, 0.25) is 0 Å². The van der Waals surface area contributed by atoms with Crippen molar-refractivity contribution in [3.8, 4) is 11.5 Å². The number of rotatable bonds is 5. The summed E-state index contributed by atoms with van der Waals surface area (Å²) in [5, 5.41) is 2.70. The standard InChI is InChI=1S/C25H19FN2O6S/c1-15-2-8-18(9-3-15)35(31,32)23-12-28(13-24(29)27-17-6-4-16(26)5-7-17)20-11-22-21(33-14-34-22)10-19(20)25(23)30/h2-12H,13-14H2,1H3,(H,27,29). The molecule has 0 saturated carbocycles. The Hall–Kier alpha value is -4.18. The van der Waals surface area contributed by atoms with Crippen LogP contribution in [0.3, 0.4) is 0 Å². The van der Waals surface area contributed by atoms with Crippen molar-refractivity contribution in [1.82, 2.24) is 4.57 Å². The molecule has 1 aliphatic rings. The van der Waals surface area contributed by atoms with Crippen LogP contribution in [0.1, 0.15) is 5.56 Å². The lowest BCUT2D eigenvalue weighted by molar-refractivity contribution is -0.116. The molecular formula is C25H19FN2O6S. The molecule has 35 heavy (non-hydrogen) atoms. The van der Waals surface area contributed by atoms with E-state index in [1.54, 1.807) is 12.1 Å².